The topological polar surface area (TPSA) is 33.1 Å². The fraction of sp³-hybridized carbons (Fsp3) is 0.800. The number of rotatable bonds is 5. The van der Waals surface area contributed by atoms with Crippen LogP contribution >= 0.6 is 11.8 Å². The molecule has 114 valence electrons. The molecule has 1 N–H and O–H groups in total. The van der Waals surface area contributed by atoms with Crippen LogP contribution in [0.3, 0.4) is 0 Å². The van der Waals surface area contributed by atoms with Crippen molar-refractivity contribution in [1.82, 2.24) is 15.1 Å². The van der Waals surface area contributed by atoms with E-state index in [0.29, 0.717) is 11.2 Å². The minimum Gasteiger partial charge on any atom is -0.355 e. The van der Waals surface area contributed by atoms with Crippen molar-refractivity contribution in [1.29, 1.82) is 0 Å². The van der Waals surface area contributed by atoms with E-state index in [9.17, 15) is 0 Å². The van der Waals surface area contributed by atoms with Gasteiger partial charge in [0.2, 0.25) is 0 Å². The Hall–Kier alpha value is -0.680. The Kier molecular flexibility index (Phi) is 5.38. The third-order valence-corrected chi connectivity index (χ3v) is 4.84. The lowest BCUT2D eigenvalue weighted by atomic mass is 10.2. The lowest BCUT2D eigenvalue weighted by molar-refractivity contribution is 0.551. The molecule has 0 radical (unpaired) electrons. The van der Waals surface area contributed by atoms with Crippen molar-refractivity contribution in [2.45, 2.75) is 39.5 Å². The predicted octanol–water partition coefficient (Wildman–Crippen LogP) is 2.42. The summed E-state index contributed by atoms with van der Waals surface area (Å²) >= 11 is 2.07. The van der Waals surface area contributed by atoms with Crippen LogP contribution in [0.5, 0.6) is 0 Å². The zero-order valence-corrected chi connectivity index (χ0v) is 14.3. The van der Waals surface area contributed by atoms with E-state index in [2.05, 4.69) is 66.5 Å². The van der Waals surface area contributed by atoms with E-state index in [-0.39, 0.29) is 0 Å². The average molecular weight is 296 g/mol. The Morgan fingerprint density at radius 1 is 1.45 bits per heavy atom. The molecule has 0 bridgehead atoms. The lowest BCUT2D eigenvalue weighted by Gasteiger charge is -2.33. The molecule has 2 rings (SSSR count). The second kappa shape index (κ2) is 6.85. The Balaban J connectivity index is 2.14. The number of anilines is 1. The third kappa shape index (κ3) is 3.70. The summed E-state index contributed by atoms with van der Waals surface area (Å²) in [4.78, 5) is 2.51. The quantitative estimate of drug-likeness (QED) is 0.904. The van der Waals surface area contributed by atoms with Crippen molar-refractivity contribution in [3.8, 4) is 0 Å². The second-order valence-electron chi connectivity index (χ2n) is 6.16. The first-order chi connectivity index (χ1) is 9.49. The molecular formula is C15H28N4S. The minimum absolute atomic E-state index is 0.682. The van der Waals surface area contributed by atoms with Gasteiger partial charge in [0.1, 0.15) is 5.82 Å². The highest BCUT2D eigenvalue weighted by atomic mass is 32.2. The summed E-state index contributed by atoms with van der Waals surface area (Å²) in [5.74, 6) is 3.21. The van der Waals surface area contributed by atoms with Gasteiger partial charge in [-0.3, -0.25) is 4.68 Å². The summed E-state index contributed by atoms with van der Waals surface area (Å²) in [5, 5.41) is 8.90. The molecular weight excluding hydrogens is 268 g/mol. The van der Waals surface area contributed by atoms with Crippen molar-refractivity contribution in [3.63, 3.8) is 0 Å². The number of aryl methyl sites for hydroxylation is 2. The molecule has 1 fully saturated rings. The molecule has 4 nitrogen and oxygen atoms in total. The molecule has 0 amide bonds. The maximum Gasteiger partial charge on any atom is 0.131 e. The maximum absolute atomic E-state index is 4.64. The Bertz CT molecular complexity index is 441. The van der Waals surface area contributed by atoms with Gasteiger partial charge in [-0.2, -0.15) is 16.9 Å². The molecule has 0 saturated carbocycles. The predicted molar refractivity (Wildman–Crippen MR) is 88.6 cm³/mol. The van der Waals surface area contributed by atoms with Crippen LogP contribution in [0.1, 0.15) is 32.0 Å². The van der Waals surface area contributed by atoms with E-state index in [1.807, 2.05) is 0 Å². The number of hydrogen-bond acceptors (Lipinski definition) is 4. The van der Waals surface area contributed by atoms with Crippen molar-refractivity contribution in [3.05, 3.63) is 11.3 Å². The van der Waals surface area contributed by atoms with Gasteiger partial charge in [0.15, 0.2) is 0 Å². The van der Waals surface area contributed by atoms with Crippen LogP contribution in [-0.2, 0) is 13.6 Å². The van der Waals surface area contributed by atoms with Gasteiger partial charge in [-0.15, -0.1) is 0 Å². The summed E-state index contributed by atoms with van der Waals surface area (Å²) in [7, 11) is 2.07. The van der Waals surface area contributed by atoms with Crippen LogP contribution in [0.25, 0.3) is 0 Å². The fourth-order valence-electron chi connectivity index (χ4n) is 2.79. The van der Waals surface area contributed by atoms with E-state index in [1.54, 1.807) is 0 Å². The largest absolute Gasteiger partial charge is 0.355 e. The van der Waals surface area contributed by atoms with E-state index in [1.165, 1.54) is 17.1 Å². The average Bonchev–Trinajstić information content (AvgIpc) is 2.64. The van der Waals surface area contributed by atoms with Gasteiger partial charge in [0, 0.05) is 43.2 Å². The van der Waals surface area contributed by atoms with Crippen molar-refractivity contribution < 1.29 is 0 Å². The van der Waals surface area contributed by atoms with Gasteiger partial charge in [0.05, 0.1) is 5.69 Å². The summed E-state index contributed by atoms with van der Waals surface area (Å²) in [6.07, 6.45) is 0. The molecule has 20 heavy (non-hydrogen) atoms. The maximum atomic E-state index is 4.64. The number of thioether (sulfide) groups is 1. The highest BCUT2D eigenvalue weighted by Crippen LogP contribution is 2.28. The Morgan fingerprint density at radius 3 is 2.85 bits per heavy atom. The van der Waals surface area contributed by atoms with Crippen LogP contribution in [0.4, 0.5) is 5.82 Å². The van der Waals surface area contributed by atoms with Crippen LogP contribution in [0.15, 0.2) is 0 Å². The fourth-order valence-corrected chi connectivity index (χ4v) is 3.80. The first kappa shape index (κ1) is 15.7. The molecule has 1 aromatic rings. The van der Waals surface area contributed by atoms with Crippen LogP contribution in [0, 0.1) is 12.8 Å². The molecule has 0 spiro atoms. The van der Waals surface area contributed by atoms with Gasteiger partial charge in [-0.05, 0) is 19.4 Å². The zero-order chi connectivity index (χ0) is 14.7. The van der Waals surface area contributed by atoms with E-state index in [4.69, 9.17) is 0 Å². The Labute approximate surface area is 127 Å². The minimum atomic E-state index is 0.682. The highest BCUT2D eigenvalue weighted by Gasteiger charge is 2.23. The van der Waals surface area contributed by atoms with Crippen molar-refractivity contribution in [2.75, 3.05) is 30.3 Å². The molecule has 2 heterocycles. The molecule has 1 unspecified atom stereocenters. The molecule has 1 aliphatic rings. The monoisotopic (exact) mass is 296 g/mol. The molecule has 0 aliphatic carbocycles. The van der Waals surface area contributed by atoms with Crippen LogP contribution < -0.4 is 10.2 Å². The summed E-state index contributed by atoms with van der Waals surface area (Å²) in [6, 6.07) is 0. The third-order valence-electron chi connectivity index (χ3n) is 3.71. The molecule has 5 heteroatoms. The molecule has 1 aromatic heterocycles. The van der Waals surface area contributed by atoms with Gasteiger partial charge < -0.3 is 10.2 Å². The summed E-state index contributed by atoms with van der Waals surface area (Å²) in [6.45, 7) is 13.2. The normalized spacial score (nSPS) is 19.9. The standard InChI is InChI=1S/C15H28N4S/c1-11(2)8-16-9-14-13(4)17-18(5)15(14)19-6-7-20-12(3)10-19/h11-12,16H,6-10H2,1-5H3. The molecule has 0 aromatic carbocycles. The highest BCUT2D eigenvalue weighted by molar-refractivity contribution is 8.00. The summed E-state index contributed by atoms with van der Waals surface area (Å²) < 4.78 is 2.06. The zero-order valence-electron chi connectivity index (χ0n) is 13.4. The van der Waals surface area contributed by atoms with Crippen LogP contribution in [-0.4, -0.2) is 40.4 Å². The summed E-state index contributed by atoms with van der Waals surface area (Å²) in [5.41, 5.74) is 2.52. The first-order valence-electron chi connectivity index (χ1n) is 7.58. The van der Waals surface area contributed by atoms with Crippen molar-refractivity contribution >= 4 is 17.6 Å². The molecule has 1 saturated heterocycles. The Morgan fingerprint density at radius 2 is 2.20 bits per heavy atom. The number of hydrogen-bond donors (Lipinski definition) is 1. The van der Waals surface area contributed by atoms with Gasteiger partial charge in [0.25, 0.3) is 0 Å². The van der Waals surface area contributed by atoms with Crippen LogP contribution in [0.2, 0.25) is 0 Å². The number of nitrogens with zero attached hydrogens (tertiary/aromatic N) is 3. The smallest absolute Gasteiger partial charge is 0.131 e. The lowest BCUT2D eigenvalue weighted by Crippen LogP contribution is -2.38. The van der Waals surface area contributed by atoms with Gasteiger partial charge >= 0.3 is 0 Å². The van der Waals surface area contributed by atoms with Gasteiger partial charge in [-0.25, -0.2) is 0 Å². The van der Waals surface area contributed by atoms with E-state index in [0.717, 1.165) is 31.9 Å². The second-order valence-corrected chi connectivity index (χ2v) is 7.71. The van der Waals surface area contributed by atoms with E-state index < -0.39 is 0 Å². The number of nitrogens with one attached hydrogen (secondary N) is 1. The SMILES string of the molecule is Cc1nn(C)c(N2CCSC(C)C2)c1CNCC(C)C. The molecule has 1 aliphatic heterocycles. The van der Waals surface area contributed by atoms with Gasteiger partial charge in [-0.1, -0.05) is 20.8 Å². The first-order valence-corrected chi connectivity index (χ1v) is 8.63. The van der Waals surface area contributed by atoms with E-state index >= 15 is 0 Å². The van der Waals surface area contributed by atoms with Crippen molar-refractivity contribution in [2.24, 2.45) is 13.0 Å². The molecule has 1 atom stereocenters. The number of aromatic nitrogens is 2.